The lowest BCUT2D eigenvalue weighted by molar-refractivity contribution is -0.117. The van der Waals surface area contributed by atoms with Gasteiger partial charge in [-0.3, -0.25) is 4.79 Å². The highest BCUT2D eigenvalue weighted by Gasteiger charge is 2.15. The van der Waals surface area contributed by atoms with Gasteiger partial charge in [-0.25, -0.2) is 0 Å². The number of benzene rings is 1. The molecule has 0 radical (unpaired) electrons. The predicted molar refractivity (Wildman–Crippen MR) is 80.4 cm³/mol. The first-order valence-electron chi connectivity index (χ1n) is 7.18. The lowest BCUT2D eigenvalue weighted by Gasteiger charge is -2.22. The molecule has 1 aromatic rings. The molecule has 1 unspecified atom stereocenters. The molecule has 21 heavy (non-hydrogen) atoms. The molecule has 2 rings (SSSR count). The van der Waals surface area contributed by atoms with Gasteiger partial charge in [0.25, 0.3) is 0 Å². The minimum atomic E-state index is -0.0271. The largest absolute Gasteiger partial charge is 0.409 e. The third kappa shape index (κ3) is 4.75. The van der Waals surface area contributed by atoms with E-state index in [1.165, 1.54) is 6.42 Å². The Morgan fingerprint density at radius 2 is 2.14 bits per heavy atom. The minimum Gasteiger partial charge on any atom is -0.409 e. The number of carbonyl (C=O) groups is 1. The Morgan fingerprint density at radius 3 is 2.76 bits per heavy atom. The maximum Gasteiger partial charge on any atom is 0.224 e. The third-order valence-electron chi connectivity index (χ3n) is 3.54. The Balaban J connectivity index is 1.79. The fraction of sp³-hybridized carbons (Fsp3) is 0.467. The maximum absolute atomic E-state index is 11.9. The number of nitrogens with zero attached hydrogens (tertiary/aromatic N) is 1. The summed E-state index contributed by atoms with van der Waals surface area (Å²) in [5.74, 6) is 0.0167. The zero-order valence-electron chi connectivity index (χ0n) is 11.9. The first-order valence-corrected chi connectivity index (χ1v) is 7.18. The Labute approximate surface area is 124 Å². The van der Waals surface area contributed by atoms with E-state index in [0.29, 0.717) is 17.7 Å². The molecule has 1 fully saturated rings. The van der Waals surface area contributed by atoms with Gasteiger partial charge in [-0.2, -0.15) is 0 Å². The molecule has 0 saturated carbocycles. The van der Waals surface area contributed by atoms with Gasteiger partial charge in [0.05, 0.1) is 6.10 Å². The summed E-state index contributed by atoms with van der Waals surface area (Å²) in [6, 6.07) is 6.83. The molecule has 0 spiro atoms. The van der Waals surface area contributed by atoms with Crippen molar-refractivity contribution in [2.75, 3.05) is 11.9 Å². The van der Waals surface area contributed by atoms with Crippen LogP contribution in [0.15, 0.2) is 29.4 Å². The van der Waals surface area contributed by atoms with E-state index in [-0.39, 0.29) is 17.8 Å². The molecule has 1 saturated heterocycles. The van der Waals surface area contributed by atoms with Crippen molar-refractivity contribution in [2.45, 2.75) is 38.2 Å². The molecule has 0 bridgehead atoms. The number of anilines is 1. The van der Waals surface area contributed by atoms with Crippen LogP contribution in [0.25, 0.3) is 0 Å². The van der Waals surface area contributed by atoms with Gasteiger partial charge in [0.15, 0.2) is 5.84 Å². The monoisotopic (exact) mass is 291 g/mol. The van der Waals surface area contributed by atoms with Crippen LogP contribution in [0.2, 0.25) is 0 Å². The van der Waals surface area contributed by atoms with Gasteiger partial charge in [0.1, 0.15) is 0 Å². The Kier molecular flexibility index (Phi) is 5.57. The summed E-state index contributed by atoms with van der Waals surface area (Å²) in [5, 5.41) is 14.3. The topological polar surface area (TPSA) is 96.9 Å². The number of oxime groups is 1. The van der Waals surface area contributed by atoms with Crippen LogP contribution < -0.4 is 11.1 Å². The van der Waals surface area contributed by atoms with Gasteiger partial charge in [0, 0.05) is 24.3 Å². The van der Waals surface area contributed by atoms with Crippen molar-refractivity contribution in [1.29, 1.82) is 0 Å². The minimum absolute atomic E-state index is 0.0271. The first kappa shape index (κ1) is 15.3. The molecule has 1 aliphatic rings. The molecular weight excluding hydrogens is 270 g/mol. The van der Waals surface area contributed by atoms with Crippen LogP contribution >= 0.6 is 0 Å². The van der Waals surface area contributed by atoms with Crippen molar-refractivity contribution in [3.05, 3.63) is 29.8 Å². The molecule has 1 heterocycles. The van der Waals surface area contributed by atoms with Crippen LogP contribution in [0.5, 0.6) is 0 Å². The molecule has 0 aromatic heterocycles. The molecule has 6 nitrogen and oxygen atoms in total. The van der Waals surface area contributed by atoms with Crippen molar-refractivity contribution < 1.29 is 14.7 Å². The van der Waals surface area contributed by atoms with E-state index in [1.807, 2.05) is 0 Å². The maximum atomic E-state index is 11.9. The zero-order chi connectivity index (χ0) is 15.1. The number of ether oxygens (including phenoxy) is 1. The third-order valence-corrected chi connectivity index (χ3v) is 3.54. The molecule has 6 heteroatoms. The van der Waals surface area contributed by atoms with Crippen molar-refractivity contribution in [3.63, 3.8) is 0 Å². The van der Waals surface area contributed by atoms with E-state index in [4.69, 9.17) is 15.7 Å². The number of carbonyl (C=O) groups excluding carboxylic acids is 1. The second-order valence-electron chi connectivity index (χ2n) is 5.14. The fourth-order valence-corrected chi connectivity index (χ4v) is 2.33. The van der Waals surface area contributed by atoms with Crippen molar-refractivity contribution in [3.8, 4) is 0 Å². The second-order valence-corrected chi connectivity index (χ2v) is 5.14. The van der Waals surface area contributed by atoms with Crippen LogP contribution in [0.1, 0.15) is 37.7 Å². The summed E-state index contributed by atoms with van der Waals surface area (Å²) in [6.07, 6.45) is 4.77. The smallest absolute Gasteiger partial charge is 0.224 e. The van der Waals surface area contributed by atoms with Crippen LogP contribution in [-0.2, 0) is 9.53 Å². The number of nitrogens with one attached hydrogen (secondary N) is 1. The number of nitrogens with two attached hydrogens (primary N) is 1. The summed E-state index contributed by atoms with van der Waals surface area (Å²) in [7, 11) is 0. The van der Waals surface area contributed by atoms with E-state index in [9.17, 15) is 4.79 Å². The predicted octanol–water partition coefficient (Wildman–Crippen LogP) is 2.07. The molecule has 1 aromatic carbocycles. The molecule has 0 aliphatic carbocycles. The Morgan fingerprint density at radius 1 is 1.38 bits per heavy atom. The normalized spacial score (nSPS) is 19.2. The van der Waals surface area contributed by atoms with Gasteiger partial charge < -0.3 is 21.0 Å². The molecule has 114 valence electrons. The number of amidine groups is 1. The summed E-state index contributed by atoms with van der Waals surface area (Å²) in [5.41, 5.74) is 6.77. The number of rotatable bonds is 5. The Hall–Kier alpha value is -2.08. The highest BCUT2D eigenvalue weighted by Crippen LogP contribution is 2.17. The Bertz CT molecular complexity index is 493. The van der Waals surface area contributed by atoms with E-state index >= 15 is 0 Å². The van der Waals surface area contributed by atoms with E-state index in [1.54, 1.807) is 24.3 Å². The summed E-state index contributed by atoms with van der Waals surface area (Å²) in [6.45, 7) is 0.807. The molecule has 1 atom stereocenters. The van der Waals surface area contributed by atoms with Gasteiger partial charge in [0.2, 0.25) is 5.91 Å². The summed E-state index contributed by atoms with van der Waals surface area (Å²) < 4.78 is 5.60. The molecule has 4 N–H and O–H groups in total. The van der Waals surface area contributed by atoms with Crippen LogP contribution in [0, 0.1) is 0 Å². The fourth-order valence-electron chi connectivity index (χ4n) is 2.33. The second kappa shape index (κ2) is 7.64. The van der Waals surface area contributed by atoms with Gasteiger partial charge >= 0.3 is 0 Å². The van der Waals surface area contributed by atoms with E-state index < -0.39 is 0 Å². The molecular formula is C15H21N3O3. The van der Waals surface area contributed by atoms with Crippen LogP contribution in [0.3, 0.4) is 0 Å². The molecule has 1 amide bonds. The van der Waals surface area contributed by atoms with E-state index in [0.717, 1.165) is 25.9 Å². The highest BCUT2D eigenvalue weighted by atomic mass is 16.5. The summed E-state index contributed by atoms with van der Waals surface area (Å²) in [4.78, 5) is 11.9. The number of hydrogen-bond donors (Lipinski definition) is 3. The quantitative estimate of drug-likeness (QED) is 0.335. The number of hydrogen-bond acceptors (Lipinski definition) is 4. The lowest BCUT2D eigenvalue weighted by atomic mass is 10.0. The summed E-state index contributed by atoms with van der Waals surface area (Å²) >= 11 is 0. The van der Waals surface area contributed by atoms with Gasteiger partial charge in [-0.15, -0.1) is 0 Å². The van der Waals surface area contributed by atoms with Crippen molar-refractivity contribution in [2.24, 2.45) is 10.9 Å². The van der Waals surface area contributed by atoms with Gasteiger partial charge in [-0.05, 0) is 49.9 Å². The standard InChI is InChI=1S/C15H21N3O3/c16-15(18-20)11-4-6-12(7-5-11)17-14(19)9-8-13-3-1-2-10-21-13/h4-7,13,20H,1-3,8-10H2,(H2,16,18)(H,17,19). The first-order chi connectivity index (χ1) is 10.2. The van der Waals surface area contributed by atoms with Crippen molar-refractivity contribution >= 4 is 17.4 Å². The van der Waals surface area contributed by atoms with E-state index in [2.05, 4.69) is 10.5 Å². The van der Waals surface area contributed by atoms with Crippen LogP contribution in [-0.4, -0.2) is 29.7 Å². The molecule has 1 aliphatic heterocycles. The number of amides is 1. The average Bonchev–Trinajstić information content (AvgIpc) is 2.54. The van der Waals surface area contributed by atoms with Crippen molar-refractivity contribution in [1.82, 2.24) is 0 Å². The van der Waals surface area contributed by atoms with Gasteiger partial charge in [-0.1, -0.05) is 5.16 Å². The lowest BCUT2D eigenvalue weighted by Crippen LogP contribution is -2.21. The highest BCUT2D eigenvalue weighted by molar-refractivity contribution is 5.98. The SMILES string of the molecule is NC(=NO)c1ccc(NC(=O)CCC2CCCCO2)cc1. The average molecular weight is 291 g/mol. The van der Waals surface area contributed by atoms with Crippen LogP contribution in [0.4, 0.5) is 5.69 Å². The zero-order valence-corrected chi connectivity index (χ0v) is 11.9.